The first-order chi connectivity index (χ1) is 13.3. The van der Waals surface area contributed by atoms with Gasteiger partial charge in [0, 0.05) is 10.4 Å². The Hall–Kier alpha value is -2.84. The van der Waals surface area contributed by atoms with E-state index in [0.29, 0.717) is 21.3 Å². The van der Waals surface area contributed by atoms with Crippen molar-refractivity contribution in [1.82, 2.24) is 9.55 Å². The summed E-state index contributed by atoms with van der Waals surface area (Å²) in [5.74, 6) is -1.26. The summed E-state index contributed by atoms with van der Waals surface area (Å²) in [7, 11) is 0. The summed E-state index contributed by atoms with van der Waals surface area (Å²) in [6.07, 6.45) is 0. The molecule has 0 spiro atoms. The van der Waals surface area contributed by atoms with Gasteiger partial charge >= 0.3 is 0 Å². The van der Waals surface area contributed by atoms with Gasteiger partial charge in [0.25, 0.3) is 5.56 Å². The molecule has 1 N–H and O–H groups in total. The van der Waals surface area contributed by atoms with E-state index < -0.39 is 23.1 Å². The molecule has 0 bridgehead atoms. The number of aromatic nitrogens is 2. The summed E-state index contributed by atoms with van der Waals surface area (Å²) >= 11 is 6.84. The standard InChI is InChI=1S/C19H12ClF2N3O2S/c1-9-23-17-16-13(22)3-2-4-14(16)28-18(17)19(27)25(9)8-15(26)24-10-5-6-12(21)11(20)7-10/h2-7H,8H2,1H3,(H,24,26). The molecule has 0 saturated heterocycles. The molecule has 0 aliphatic carbocycles. The van der Waals surface area contributed by atoms with Gasteiger partial charge in [0.15, 0.2) is 0 Å². The molecular formula is C19H12ClF2N3O2S. The number of anilines is 1. The monoisotopic (exact) mass is 419 g/mol. The third-order valence-corrected chi connectivity index (χ3v) is 5.67. The third-order valence-electron chi connectivity index (χ3n) is 4.25. The molecular weight excluding hydrogens is 408 g/mol. The summed E-state index contributed by atoms with van der Waals surface area (Å²) < 4.78 is 29.5. The van der Waals surface area contributed by atoms with E-state index in [0.717, 1.165) is 17.4 Å². The third kappa shape index (κ3) is 3.14. The van der Waals surface area contributed by atoms with Crippen molar-refractivity contribution in [3.8, 4) is 0 Å². The van der Waals surface area contributed by atoms with Gasteiger partial charge in [0.05, 0.1) is 15.9 Å². The number of aryl methyl sites for hydroxylation is 1. The minimum absolute atomic E-state index is 0.124. The number of nitrogens with zero attached hydrogens (tertiary/aromatic N) is 2. The van der Waals surface area contributed by atoms with Crippen LogP contribution in [0, 0.1) is 18.6 Å². The van der Waals surface area contributed by atoms with Crippen molar-refractivity contribution in [1.29, 1.82) is 0 Å². The molecule has 0 atom stereocenters. The van der Waals surface area contributed by atoms with E-state index in [1.807, 2.05) is 0 Å². The fraction of sp³-hybridized carbons (Fsp3) is 0.105. The van der Waals surface area contributed by atoms with E-state index in [1.54, 1.807) is 19.1 Å². The summed E-state index contributed by atoms with van der Waals surface area (Å²) in [6, 6.07) is 8.38. The van der Waals surface area contributed by atoms with Gasteiger partial charge in [-0.05, 0) is 37.3 Å². The molecule has 28 heavy (non-hydrogen) atoms. The van der Waals surface area contributed by atoms with Crippen LogP contribution < -0.4 is 10.9 Å². The summed E-state index contributed by atoms with van der Waals surface area (Å²) in [5, 5.41) is 2.74. The van der Waals surface area contributed by atoms with E-state index >= 15 is 0 Å². The lowest BCUT2D eigenvalue weighted by Gasteiger charge is -2.10. The van der Waals surface area contributed by atoms with Crippen LogP contribution in [0.3, 0.4) is 0 Å². The highest BCUT2D eigenvalue weighted by Gasteiger charge is 2.18. The number of carbonyl (C=O) groups is 1. The Bertz CT molecular complexity index is 1320. The van der Waals surface area contributed by atoms with Crippen molar-refractivity contribution in [2.45, 2.75) is 13.5 Å². The Labute approximate surface area is 166 Å². The van der Waals surface area contributed by atoms with E-state index in [9.17, 15) is 18.4 Å². The molecule has 142 valence electrons. The number of benzene rings is 2. The number of carbonyl (C=O) groups excluding carboxylic acids is 1. The number of hydrogen-bond acceptors (Lipinski definition) is 4. The quantitative estimate of drug-likeness (QED) is 0.532. The molecule has 4 aromatic rings. The van der Waals surface area contributed by atoms with Gasteiger partial charge in [-0.25, -0.2) is 13.8 Å². The average molecular weight is 420 g/mol. The molecule has 0 unspecified atom stereocenters. The van der Waals surface area contributed by atoms with E-state index in [2.05, 4.69) is 10.3 Å². The van der Waals surface area contributed by atoms with E-state index in [4.69, 9.17) is 11.6 Å². The van der Waals surface area contributed by atoms with Crippen LogP contribution >= 0.6 is 22.9 Å². The highest BCUT2D eigenvalue weighted by molar-refractivity contribution is 7.25. The molecule has 0 aliphatic rings. The predicted molar refractivity (Wildman–Crippen MR) is 106 cm³/mol. The van der Waals surface area contributed by atoms with Crippen molar-refractivity contribution in [2.75, 3.05) is 5.32 Å². The molecule has 9 heteroatoms. The van der Waals surface area contributed by atoms with Gasteiger partial charge in [-0.2, -0.15) is 0 Å². The SMILES string of the molecule is Cc1nc2c(sc3cccc(F)c32)c(=O)n1CC(=O)Nc1ccc(F)c(Cl)c1. The molecule has 0 fully saturated rings. The second kappa shape index (κ2) is 6.96. The maximum atomic E-state index is 14.2. The van der Waals surface area contributed by atoms with Gasteiger partial charge in [-0.15, -0.1) is 11.3 Å². The highest BCUT2D eigenvalue weighted by atomic mass is 35.5. The molecule has 0 aliphatic heterocycles. The number of fused-ring (bicyclic) bond motifs is 3. The van der Waals surface area contributed by atoms with Crippen molar-refractivity contribution >= 4 is 54.8 Å². The van der Waals surface area contributed by atoms with Crippen molar-refractivity contribution in [3.05, 3.63) is 69.2 Å². The van der Waals surface area contributed by atoms with Crippen molar-refractivity contribution < 1.29 is 13.6 Å². The molecule has 1 amide bonds. The second-order valence-electron chi connectivity index (χ2n) is 6.12. The zero-order chi connectivity index (χ0) is 20.0. The van der Waals surface area contributed by atoms with E-state index in [1.165, 1.54) is 22.8 Å². The summed E-state index contributed by atoms with van der Waals surface area (Å²) in [5.41, 5.74) is 0.179. The summed E-state index contributed by atoms with van der Waals surface area (Å²) in [6.45, 7) is 1.28. The largest absolute Gasteiger partial charge is 0.324 e. The number of hydrogen-bond donors (Lipinski definition) is 1. The van der Waals surface area contributed by atoms with Gasteiger partial charge in [0.2, 0.25) is 5.91 Å². The highest BCUT2D eigenvalue weighted by Crippen LogP contribution is 2.32. The first-order valence-corrected chi connectivity index (χ1v) is 9.37. The van der Waals surface area contributed by atoms with Crippen LogP contribution in [-0.4, -0.2) is 15.5 Å². The van der Waals surface area contributed by atoms with Crippen LogP contribution in [0.5, 0.6) is 0 Å². The molecule has 2 heterocycles. The van der Waals surface area contributed by atoms with Crippen LogP contribution in [0.1, 0.15) is 5.82 Å². The Morgan fingerprint density at radius 3 is 2.79 bits per heavy atom. The predicted octanol–water partition coefficient (Wildman–Crippen LogP) is 4.49. The molecule has 5 nitrogen and oxygen atoms in total. The lowest BCUT2D eigenvalue weighted by molar-refractivity contribution is -0.116. The minimum atomic E-state index is -0.599. The van der Waals surface area contributed by atoms with Gasteiger partial charge in [-0.3, -0.25) is 14.2 Å². The molecule has 4 rings (SSSR count). The normalized spacial score (nSPS) is 11.3. The second-order valence-corrected chi connectivity index (χ2v) is 7.58. The van der Waals surface area contributed by atoms with Crippen LogP contribution in [-0.2, 0) is 11.3 Å². The topological polar surface area (TPSA) is 64.0 Å². The van der Waals surface area contributed by atoms with Crippen molar-refractivity contribution in [2.24, 2.45) is 0 Å². The maximum Gasteiger partial charge on any atom is 0.272 e. The van der Waals surface area contributed by atoms with Crippen molar-refractivity contribution in [3.63, 3.8) is 0 Å². The number of amides is 1. The number of nitrogens with one attached hydrogen (secondary N) is 1. The molecule has 2 aromatic heterocycles. The lowest BCUT2D eigenvalue weighted by Crippen LogP contribution is -2.29. The Morgan fingerprint density at radius 1 is 1.25 bits per heavy atom. The Morgan fingerprint density at radius 2 is 2.04 bits per heavy atom. The number of rotatable bonds is 3. The fourth-order valence-corrected chi connectivity index (χ4v) is 4.22. The van der Waals surface area contributed by atoms with Gasteiger partial charge in [0.1, 0.15) is 28.7 Å². The zero-order valence-electron chi connectivity index (χ0n) is 14.4. The van der Waals surface area contributed by atoms with Crippen LogP contribution in [0.2, 0.25) is 5.02 Å². The van der Waals surface area contributed by atoms with Crippen LogP contribution in [0.15, 0.2) is 41.2 Å². The lowest BCUT2D eigenvalue weighted by atomic mass is 10.2. The first-order valence-electron chi connectivity index (χ1n) is 8.18. The smallest absolute Gasteiger partial charge is 0.272 e. The Kier molecular flexibility index (Phi) is 4.60. The first kappa shape index (κ1) is 18.5. The minimum Gasteiger partial charge on any atom is -0.324 e. The number of thiophene rings is 1. The van der Waals surface area contributed by atoms with Crippen LogP contribution in [0.4, 0.5) is 14.5 Å². The van der Waals surface area contributed by atoms with Gasteiger partial charge in [-0.1, -0.05) is 17.7 Å². The zero-order valence-corrected chi connectivity index (χ0v) is 16.0. The number of halogens is 3. The summed E-state index contributed by atoms with van der Waals surface area (Å²) in [4.78, 5) is 29.6. The molecule has 0 saturated carbocycles. The van der Waals surface area contributed by atoms with Gasteiger partial charge < -0.3 is 5.32 Å². The fourth-order valence-electron chi connectivity index (χ4n) is 2.94. The Balaban J connectivity index is 1.71. The maximum absolute atomic E-state index is 14.2. The van der Waals surface area contributed by atoms with Crippen LogP contribution in [0.25, 0.3) is 20.3 Å². The average Bonchev–Trinajstić information content (AvgIpc) is 3.02. The molecule has 0 radical (unpaired) electrons. The van der Waals surface area contributed by atoms with E-state index in [-0.39, 0.29) is 22.1 Å². The molecule has 2 aromatic carbocycles.